The lowest BCUT2D eigenvalue weighted by Gasteiger charge is -2.18. The Balaban J connectivity index is 1.81. The van der Waals surface area contributed by atoms with Crippen LogP contribution >= 0.6 is 11.3 Å². The van der Waals surface area contributed by atoms with Gasteiger partial charge in [0.25, 0.3) is 5.56 Å². The number of hydrogen-bond acceptors (Lipinski definition) is 3. The highest BCUT2D eigenvalue weighted by molar-refractivity contribution is 7.09. The van der Waals surface area contributed by atoms with E-state index >= 15 is 0 Å². The molecule has 0 saturated heterocycles. The second-order valence-corrected chi connectivity index (χ2v) is 8.07. The summed E-state index contributed by atoms with van der Waals surface area (Å²) in [6.45, 7) is 9.07. The number of benzene rings is 1. The first kappa shape index (κ1) is 16.7. The summed E-state index contributed by atoms with van der Waals surface area (Å²) in [6, 6.07) is 12.2. The highest BCUT2D eigenvalue weighted by Crippen LogP contribution is 2.27. The molecule has 2 heterocycles. The second kappa shape index (κ2) is 6.36. The molecule has 0 spiro atoms. The van der Waals surface area contributed by atoms with E-state index in [1.807, 2.05) is 19.2 Å². The van der Waals surface area contributed by atoms with Crippen LogP contribution in [0.4, 0.5) is 0 Å². The van der Waals surface area contributed by atoms with Crippen molar-refractivity contribution in [1.82, 2.24) is 9.55 Å². The normalized spacial score (nSPS) is 11.7. The number of rotatable bonds is 3. The van der Waals surface area contributed by atoms with Crippen LogP contribution in [0.5, 0.6) is 0 Å². The summed E-state index contributed by atoms with van der Waals surface area (Å²) in [4.78, 5) is 16.7. The summed E-state index contributed by atoms with van der Waals surface area (Å²) in [5, 5.41) is 3.00. The van der Waals surface area contributed by atoms with Gasteiger partial charge in [0.15, 0.2) is 0 Å². The van der Waals surface area contributed by atoms with E-state index in [0.717, 1.165) is 21.8 Å². The Kier molecular flexibility index (Phi) is 4.41. The third-order valence-electron chi connectivity index (χ3n) is 4.06. The maximum atomic E-state index is 12.0. The van der Waals surface area contributed by atoms with Gasteiger partial charge in [0, 0.05) is 23.2 Å². The molecule has 0 aliphatic rings. The summed E-state index contributed by atoms with van der Waals surface area (Å²) in [5.74, 6) is 0. The molecule has 0 bridgehead atoms. The average Bonchev–Trinajstić information content (AvgIpc) is 2.98. The van der Waals surface area contributed by atoms with Crippen molar-refractivity contribution in [3.05, 3.63) is 74.5 Å². The van der Waals surface area contributed by atoms with Gasteiger partial charge in [-0.25, -0.2) is 4.98 Å². The Morgan fingerprint density at radius 1 is 1.12 bits per heavy atom. The van der Waals surface area contributed by atoms with Crippen LogP contribution in [0, 0.1) is 6.92 Å². The van der Waals surface area contributed by atoms with Gasteiger partial charge in [0.2, 0.25) is 0 Å². The van der Waals surface area contributed by atoms with Crippen LogP contribution in [-0.2, 0) is 12.0 Å². The van der Waals surface area contributed by atoms with Crippen molar-refractivity contribution in [1.29, 1.82) is 0 Å². The molecule has 0 N–H and O–H groups in total. The lowest BCUT2D eigenvalue weighted by Crippen LogP contribution is -2.19. The molecule has 0 fully saturated rings. The Bertz CT molecular complexity index is 898. The fourth-order valence-corrected chi connectivity index (χ4v) is 3.34. The maximum Gasteiger partial charge on any atom is 0.251 e. The Labute approximate surface area is 146 Å². The summed E-state index contributed by atoms with van der Waals surface area (Å²) in [7, 11) is 0. The van der Waals surface area contributed by atoms with E-state index in [0.29, 0.717) is 6.54 Å². The van der Waals surface area contributed by atoms with Crippen molar-refractivity contribution in [3.63, 3.8) is 0 Å². The first-order chi connectivity index (χ1) is 11.3. The quantitative estimate of drug-likeness (QED) is 0.698. The summed E-state index contributed by atoms with van der Waals surface area (Å²) >= 11 is 1.59. The van der Waals surface area contributed by atoms with Gasteiger partial charge >= 0.3 is 0 Å². The molecule has 3 rings (SSSR count). The summed E-state index contributed by atoms with van der Waals surface area (Å²) in [5.41, 5.74) is 4.54. The molecular weight excluding hydrogens is 316 g/mol. The molecule has 0 radical (unpaired) electrons. The number of nitrogens with zero attached hydrogens (tertiary/aromatic N) is 2. The third kappa shape index (κ3) is 3.65. The van der Waals surface area contributed by atoms with Gasteiger partial charge in [-0.05, 0) is 29.5 Å². The zero-order valence-electron chi connectivity index (χ0n) is 14.5. The maximum absolute atomic E-state index is 12.0. The van der Waals surface area contributed by atoms with Crippen LogP contribution in [-0.4, -0.2) is 9.55 Å². The lowest BCUT2D eigenvalue weighted by molar-refractivity contribution is 0.590. The fraction of sp³-hybridized carbons (Fsp3) is 0.300. The topological polar surface area (TPSA) is 34.9 Å². The number of hydrogen-bond donors (Lipinski definition) is 0. The molecule has 24 heavy (non-hydrogen) atoms. The van der Waals surface area contributed by atoms with Gasteiger partial charge < -0.3 is 4.57 Å². The molecule has 2 aromatic heterocycles. The molecule has 0 amide bonds. The van der Waals surface area contributed by atoms with Crippen molar-refractivity contribution in [3.8, 4) is 11.3 Å². The average molecular weight is 338 g/mol. The zero-order valence-corrected chi connectivity index (χ0v) is 15.4. The first-order valence-electron chi connectivity index (χ1n) is 8.05. The molecule has 1 aromatic carbocycles. The van der Waals surface area contributed by atoms with Gasteiger partial charge in [-0.15, -0.1) is 11.3 Å². The van der Waals surface area contributed by atoms with E-state index in [2.05, 4.69) is 55.4 Å². The Morgan fingerprint density at radius 2 is 1.83 bits per heavy atom. The number of thiazole rings is 1. The SMILES string of the molecule is Cc1ccn(Cc2nc(-c3ccc(C(C)(C)C)cc3)cs2)c(=O)c1. The van der Waals surface area contributed by atoms with E-state index in [9.17, 15) is 4.79 Å². The molecule has 124 valence electrons. The van der Waals surface area contributed by atoms with Crippen molar-refractivity contribution in [2.24, 2.45) is 0 Å². The van der Waals surface area contributed by atoms with E-state index < -0.39 is 0 Å². The summed E-state index contributed by atoms with van der Waals surface area (Å²) < 4.78 is 1.69. The van der Waals surface area contributed by atoms with E-state index in [4.69, 9.17) is 0 Å². The van der Waals surface area contributed by atoms with Crippen molar-refractivity contribution in [2.45, 2.75) is 39.7 Å². The van der Waals surface area contributed by atoms with E-state index in [1.54, 1.807) is 22.0 Å². The van der Waals surface area contributed by atoms with Crippen LogP contribution in [0.2, 0.25) is 0 Å². The monoisotopic (exact) mass is 338 g/mol. The van der Waals surface area contributed by atoms with Crippen LogP contribution in [0.1, 0.15) is 36.9 Å². The first-order valence-corrected chi connectivity index (χ1v) is 8.93. The molecule has 3 nitrogen and oxygen atoms in total. The van der Waals surface area contributed by atoms with Crippen molar-refractivity contribution < 1.29 is 0 Å². The molecule has 0 aliphatic carbocycles. The van der Waals surface area contributed by atoms with Crippen molar-refractivity contribution >= 4 is 11.3 Å². The third-order valence-corrected chi connectivity index (χ3v) is 4.89. The molecule has 0 saturated carbocycles. The van der Waals surface area contributed by atoms with Gasteiger partial charge in [0.05, 0.1) is 12.2 Å². The number of aromatic nitrogens is 2. The van der Waals surface area contributed by atoms with Crippen molar-refractivity contribution in [2.75, 3.05) is 0 Å². The molecule has 0 aliphatic heterocycles. The Morgan fingerprint density at radius 3 is 2.46 bits per heavy atom. The smallest absolute Gasteiger partial charge is 0.251 e. The predicted octanol–water partition coefficient (Wildman–Crippen LogP) is 4.63. The standard InChI is InChI=1S/C20H22N2OS/c1-14-9-10-22(19(23)11-14)12-18-21-17(13-24-18)15-5-7-16(8-6-15)20(2,3)4/h5-11,13H,12H2,1-4H3. The minimum Gasteiger partial charge on any atom is -0.309 e. The number of aryl methyl sites for hydroxylation is 1. The van der Waals surface area contributed by atoms with Crippen LogP contribution < -0.4 is 5.56 Å². The van der Waals surface area contributed by atoms with Crippen LogP contribution in [0.25, 0.3) is 11.3 Å². The second-order valence-electron chi connectivity index (χ2n) is 7.12. The molecule has 3 aromatic rings. The predicted molar refractivity (Wildman–Crippen MR) is 101 cm³/mol. The van der Waals surface area contributed by atoms with Gasteiger partial charge in [-0.1, -0.05) is 45.0 Å². The van der Waals surface area contributed by atoms with Gasteiger partial charge in [-0.3, -0.25) is 4.79 Å². The highest BCUT2D eigenvalue weighted by Gasteiger charge is 2.13. The minimum atomic E-state index is 0.0151. The molecular formula is C20H22N2OS. The zero-order chi connectivity index (χ0) is 17.3. The highest BCUT2D eigenvalue weighted by atomic mass is 32.1. The molecule has 4 heteroatoms. The van der Waals surface area contributed by atoms with Gasteiger partial charge in [-0.2, -0.15) is 0 Å². The fourth-order valence-electron chi connectivity index (χ4n) is 2.54. The minimum absolute atomic E-state index is 0.0151. The largest absolute Gasteiger partial charge is 0.309 e. The van der Waals surface area contributed by atoms with Crippen LogP contribution in [0.15, 0.2) is 52.8 Å². The molecule has 0 atom stereocenters. The van der Waals surface area contributed by atoms with E-state index in [-0.39, 0.29) is 11.0 Å². The molecule has 0 unspecified atom stereocenters. The lowest BCUT2D eigenvalue weighted by atomic mass is 9.86. The summed E-state index contributed by atoms with van der Waals surface area (Å²) in [6.07, 6.45) is 1.83. The van der Waals surface area contributed by atoms with Gasteiger partial charge in [0.1, 0.15) is 5.01 Å². The number of pyridine rings is 1. The van der Waals surface area contributed by atoms with E-state index in [1.165, 1.54) is 5.56 Å². The van der Waals surface area contributed by atoms with Crippen LogP contribution in [0.3, 0.4) is 0 Å². The Hall–Kier alpha value is -2.20.